The van der Waals surface area contributed by atoms with Crippen molar-refractivity contribution in [1.29, 1.82) is 0 Å². The van der Waals surface area contributed by atoms with Crippen LogP contribution < -0.4 is 5.73 Å². The third-order valence-corrected chi connectivity index (χ3v) is 2.64. The minimum absolute atomic E-state index is 0. The van der Waals surface area contributed by atoms with Crippen molar-refractivity contribution >= 4 is 18.3 Å². The summed E-state index contributed by atoms with van der Waals surface area (Å²) < 4.78 is 0. The van der Waals surface area contributed by atoms with Crippen LogP contribution in [0.5, 0.6) is 0 Å². The molecule has 0 unspecified atom stereocenters. The van der Waals surface area contributed by atoms with Gasteiger partial charge in [0.15, 0.2) is 0 Å². The van der Waals surface area contributed by atoms with E-state index in [1.165, 1.54) is 0 Å². The van der Waals surface area contributed by atoms with E-state index in [0.717, 1.165) is 38.8 Å². The highest BCUT2D eigenvalue weighted by atomic mass is 35.5. The van der Waals surface area contributed by atoms with Gasteiger partial charge >= 0.3 is 0 Å². The van der Waals surface area contributed by atoms with Gasteiger partial charge < -0.3 is 10.6 Å². The summed E-state index contributed by atoms with van der Waals surface area (Å²) in [7, 11) is 0. The molecule has 4 heteroatoms. The summed E-state index contributed by atoms with van der Waals surface area (Å²) >= 11 is 0. The molecule has 1 saturated heterocycles. The quantitative estimate of drug-likeness (QED) is 0.785. The van der Waals surface area contributed by atoms with Crippen LogP contribution in [0.25, 0.3) is 0 Å². The Kier molecular flexibility index (Phi) is 6.93. The third kappa shape index (κ3) is 4.29. The average Bonchev–Trinajstić information content (AvgIpc) is 2.15. The molecule has 1 rings (SSSR count). The number of likely N-dealkylation sites (tertiary alicyclic amines) is 1. The van der Waals surface area contributed by atoms with Crippen molar-refractivity contribution in [1.82, 2.24) is 4.90 Å². The van der Waals surface area contributed by atoms with Gasteiger partial charge in [-0.15, -0.1) is 12.4 Å². The fourth-order valence-electron chi connectivity index (χ4n) is 1.63. The SMILES string of the molecule is CCCCC(=O)N1CCC(N)CC1.Cl. The predicted octanol–water partition coefficient (Wildman–Crippen LogP) is 1.55. The summed E-state index contributed by atoms with van der Waals surface area (Å²) in [6.45, 7) is 3.84. The van der Waals surface area contributed by atoms with E-state index in [9.17, 15) is 4.79 Å². The molecule has 3 nitrogen and oxygen atoms in total. The molecule has 0 aromatic carbocycles. The van der Waals surface area contributed by atoms with Gasteiger partial charge in [0.2, 0.25) is 5.91 Å². The number of amides is 1. The molecule has 84 valence electrons. The van der Waals surface area contributed by atoms with Crippen LogP contribution in [-0.4, -0.2) is 29.9 Å². The van der Waals surface area contributed by atoms with E-state index in [4.69, 9.17) is 5.73 Å². The van der Waals surface area contributed by atoms with Crippen molar-refractivity contribution in [2.24, 2.45) is 5.73 Å². The molecule has 0 atom stereocenters. The van der Waals surface area contributed by atoms with Crippen molar-refractivity contribution in [3.8, 4) is 0 Å². The Bertz CT molecular complexity index is 168. The Hall–Kier alpha value is -0.280. The molecular formula is C10H21ClN2O. The number of hydrogen-bond acceptors (Lipinski definition) is 2. The lowest BCUT2D eigenvalue weighted by atomic mass is 10.1. The number of unbranched alkanes of at least 4 members (excludes halogenated alkanes) is 1. The van der Waals surface area contributed by atoms with Gasteiger partial charge in [0, 0.05) is 25.6 Å². The maximum Gasteiger partial charge on any atom is 0.222 e. The van der Waals surface area contributed by atoms with E-state index >= 15 is 0 Å². The van der Waals surface area contributed by atoms with Crippen molar-refractivity contribution in [3.05, 3.63) is 0 Å². The van der Waals surface area contributed by atoms with E-state index in [2.05, 4.69) is 6.92 Å². The Morgan fingerprint density at radius 2 is 2.00 bits per heavy atom. The van der Waals surface area contributed by atoms with Crippen LogP contribution in [0.2, 0.25) is 0 Å². The Morgan fingerprint density at radius 3 is 2.50 bits per heavy atom. The highest BCUT2D eigenvalue weighted by Gasteiger charge is 2.19. The Morgan fingerprint density at radius 1 is 1.43 bits per heavy atom. The molecule has 1 heterocycles. The summed E-state index contributed by atoms with van der Waals surface area (Å²) in [5.41, 5.74) is 5.76. The van der Waals surface area contributed by atoms with Gasteiger partial charge in [-0.1, -0.05) is 13.3 Å². The lowest BCUT2D eigenvalue weighted by Crippen LogP contribution is -2.42. The number of carbonyl (C=O) groups is 1. The minimum atomic E-state index is 0. The second-order valence-electron chi connectivity index (χ2n) is 3.82. The van der Waals surface area contributed by atoms with E-state index < -0.39 is 0 Å². The fourth-order valence-corrected chi connectivity index (χ4v) is 1.63. The van der Waals surface area contributed by atoms with Gasteiger partial charge in [-0.05, 0) is 19.3 Å². The van der Waals surface area contributed by atoms with E-state index in [1.54, 1.807) is 0 Å². The van der Waals surface area contributed by atoms with Gasteiger partial charge in [-0.25, -0.2) is 0 Å². The largest absolute Gasteiger partial charge is 0.343 e. The molecule has 0 aromatic heterocycles. The number of carbonyl (C=O) groups excluding carboxylic acids is 1. The van der Waals surface area contributed by atoms with Crippen LogP contribution >= 0.6 is 12.4 Å². The number of piperidine rings is 1. The molecular weight excluding hydrogens is 200 g/mol. The van der Waals surface area contributed by atoms with Crippen molar-refractivity contribution in [2.75, 3.05) is 13.1 Å². The van der Waals surface area contributed by atoms with Gasteiger partial charge in [-0.3, -0.25) is 4.79 Å². The summed E-state index contributed by atoms with van der Waals surface area (Å²) in [5.74, 6) is 0.314. The van der Waals surface area contributed by atoms with Crippen LogP contribution in [0.15, 0.2) is 0 Å². The first-order chi connectivity index (χ1) is 6.24. The molecule has 14 heavy (non-hydrogen) atoms. The molecule has 0 aliphatic carbocycles. The average molecular weight is 221 g/mol. The standard InChI is InChI=1S/C10H20N2O.ClH/c1-2-3-4-10(13)12-7-5-9(11)6-8-12;/h9H,2-8,11H2,1H3;1H. The fraction of sp³-hybridized carbons (Fsp3) is 0.900. The molecule has 0 radical (unpaired) electrons. The summed E-state index contributed by atoms with van der Waals surface area (Å²) in [5, 5.41) is 0. The van der Waals surface area contributed by atoms with Crippen molar-refractivity contribution < 1.29 is 4.79 Å². The van der Waals surface area contributed by atoms with Gasteiger partial charge in [0.05, 0.1) is 0 Å². The molecule has 0 aromatic rings. The summed E-state index contributed by atoms with van der Waals surface area (Å²) in [6, 6.07) is 0.315. The number of nitrogens with two attached hydrogens (primary N) is 1. The predicted molar refractivity (Wildman–Crippen MR) is 60.6 cm³/mol. The normalized spacial score (nSPS) is 17.7. The molecule has 1 amide bonds. The third-order valence-electron chi connectivity index (χ3n) is 2.64. The first-order valence-corrected chi connectivity index (χ1v) is 5.27. The zero-order valence-corrected chi connectivity index (χ0v) is 9.68. The van der Waals surface area contributed by atoms with Gasteiger partial charge in [-0.2, -0.15) is 0 Å². The van der Waals surface area contributed by atoms with E-state index in [1.807, 2.05) is 4.90 Å². The van der Waals surface area contributed by atoms with Crippen LogP contribution in [0, 0.1) is 0 Å². The molecule has 0 bridgehead atoms. The lowest BCUT2D eigenvalue weighted by Gasteiger charge is -2.30. The molecule has 0 spiro atoms. The minimum Gasteiger partial charge on any atom is -0.343 e. The number of hydrogen-bond donors (Lipinski definition) is 1. The smallest absolute Gasteiger partial charge is 0.222 e. The molecule has 2 N–H and O–H groups in total. The molecule has 0 saturated carbocycles. The maximum atomic E-state index is 11.5. The second-order valence-corrected chi connectivity index (χ2v) is 3.82. The summed E-state index contributed by atoms with van der Waals surface area (Å²) in [6.07, 6.45) is 4.77. The highest BCUT2D eigenvalue weighted by molar-refractivity contribution is 5.85. The highest BCUT2D eigenvalue weighted by Crippen LogP contribution is 2.10. The van der Waals surface area contributed by atoms with E-state index in [0.29, 0.717) is 18.4 Å². The van der Waals surface area contributed by atoms with E-state index in [-0.39, 0.29) is 12.4 Å². The first-order valence-electron chi connectivity index (χ1n) is 5.27. The Balaban J connectivity index is 0.00000169. The molecule has 1 aliphatic heterocycles. The van der Waals surface area contributed by atoms with Gasteiger partial charge in [0.25, 0.3) is 0 Å². The van der Waals surface area contributed by atoms with Crippen LogP contribution in [0.1, 0.15) is 39.0 Å². The monoisotopic (exact) mass is 220 g/mol. The van der Waals surface area contributed by atoms with Gasteiger partial charge in [0.1, 0.15) is 0 Å². The lowest BCUT2D eigenvalue weighted by molar-refractivity contribution is -0.132. The maximum absolute atomic E-state index is 11.5. The van der Waals surface area contributed by atoms with Crippen LogP contribution in [-0.2, 0) is 4.79 Å². The first kappa shape index (κ1) is 13.7. The zero-order valence-electron chi connectivity index (χ0n) is 8.87. The second kappa shape index (κ2) is 7.07. The number of halogens is 1. The molecule has 1 aliphatic rings. The zero-order chi connectivity index (χ0) is 9.68. The number of nitrogens with zero attached hydrogens (tertiary/aromatic N) is 1. The van der Waals surface area contributed by atoms with Crippen molar-refractivity contribution in [2.45, 2.75) is 45.1 Å². The van der Waals surface area contributed by atoms with Crippen LogP contribution in [0.4, 0.5) is 0 Å². The molecule has 1 fully saturated rings. The van der Waals surface area contributed by atoms with Crippen molar-refractivity contribution in [3.63, 3.8) is 0 Å². The van der Waals surface area contributed by atoms with Crippen LogP contribution in [0.3, 0.4) is 0 Å². The summed E-state index contributed by atoms with van der Waals surface area (Å²) in [4.78, 5) is 13.5. The Labute approximate surface area is 92.4 Å². The number of rotatable bonds is 3. The topological polar surface area (TPSA) is 46.3 Å².